The average Bonchev–Trinajstić information content (AvgIpc) is 2.27. The van der Waals surface area contributed by atoms with E-state index in [1.165, 1.54) is 10.9 Å². The molecule has 0 aliphatic carbocycles. The quantitative estimate of drug-likeness (QED) is 0.578. The Balaban J connectivity index is 3.15. The van der Waals surface area contributed by atoms with E-state index in [2.05, 4.69) is 47.6 Å². The van der Waals surface area contributed by atoms with Crippen molar-refractivity contribution in [2.75, 3.05) is 7.11 Å². The van der Waals surface area contributed by atoms with Crippen LogP contribution in [0.1, 0.15) is 30.9 Å². The van der Waals surface area contributed by atoms with E-state index in [4.69, 9.17) is 4.74 Å². The summed E-state index contributed by atoms with van der Waals surface area (Å²) < 4.78 is 5.18. The van der Waals surface area contributed by atoms with Gasteiger partial charge < -0.3 is 4.74 Å². The van der Waals surface area contributed by atoms with Crippen LogP contribution < -0.4 is 5.30 Å². The molecule has 2 atom stereocenters. The summed E-state index contributed by atoms with van der Waals surface area (Å²) in [5.74, 6) is 1.31. The third-order valence-corrected chi connectivity index (χ3v) is 4.07. The van der Waals surface area contributed by atoms with Crippen LogP contribution in [0.2, 0.25) is 0 Å². The van der Waals surface area contributed by atoms with Crippen LogP contribution in [0.15, 0.2) is 24.8 Å². The van der Waals surface area contributed by atoms with E-state index in [0.29, 0.717) is 14.2 Å². The zero-order valence-corrected chi connectivity index (χ0v) is 11.7. The van der Waals surface area contributed by atoms with Gasteiger partial charge in [0.05, 0.1) is 7.11 Å². The zero-order chi connectivity index (χ0) is 11.4. The summed E-state index contributed by atoms with van der Waals surface area (Å²) in [4.78, 5) is 0. The average molecular weight is 240 g/mol. The first kappa shape index (κ1) is 12.7. The van der Waals surface area contributed by atoms with Gasteiger partial charge in [-0.1, -0.05) is 46.9 Å². The SMILES string of the molecule is C=C(OC)c1ccc(C(C)C)cc1PP. The lowest BCUT2D eigenvalue weighted by atomic mass is 10.0. The lowest BCUT2D eigenvalue weighted by molar-refractivity contribution is 0.372. The van der Waals surface area contributed by atoms with Crippen molar-refractivity contribution in [3.8, 4) is 0 Å². The Kier molecular flexibility index (Phi) is 4.77. The van der Waals surface area contributed by atoms with E-state index in [1.807, 2.05) is 0 Å². The maximum absolute atomic E-state index is 5.18. The van der Waals surface area contributed by atoms with Crippen LogP contribution in [-0.2, 0) is 4.74 Å². The molecule has 82 valence electrons. The summed E-state index contributed by atoms with van der Waals surface area (Å²) in [6, 6.07) is 6.50. The third kappa shape index (κ3) is 3.03. The highest BCUT2D eigenvalue weighted by Crippen LogP contribution is 2.27. The number of hydrogen-bond donors (Lipinski definition) is 0. The number of methoxy groups -OCH3 is 1. The van der Waals surface area contributed by atoms with Gasteiger partial charge in [0.15, 0.2) is 0 Å². The molecular formula is C12H18OP2. The maximum Gasteiger partial charge on any atom is 0.119 e. The first-order valence-corrected chi connectivity index (χ1v) is 7.75. The van der Waals surface area contributed by atoms with E-state index < -0.39 is 0 Å². The van der Waals surface area contributed by atoms with Crippen molar-refractivity contribution < 1.29 is 4.74 Å². The van der Waals surface area contributed by atoms with Gasteiger partial charge in [0.25, 0.3) is 0 Å². The van der Waals surface area contributed by atoms with E-state index in [1.54, 1.807) is 7.11 Å². The van der Waals surface area contributed by atoms with Crippen molar-refractivity contribution >= 4 is 28.3 Å². The van der Waals surface area contributed by atoms with Gasteiger partial charge in [-0.15, -0.1) is 8.93 Å². The molecule has 0 heterocycles. The highest BCUT2D eigenvalue weighted by Gasteiger charge is 2.07. The minimum atomic E-state index is 0.565. The van der Waals surface area contributed by atoms with E-state index in [0.717, 1.165) is 11.3 Å². The molecule has 0 fully saturated rings. The lowest BCUT2D eigenvalue weighted by Crippen LogP contribution is -2.05. The van der Waals surface area contributed by atoms with Crippen LogP contribution in [0, 0.1) is 0 Å². The molecule has 0 spiro atoms. The zero-order valence-electron chi connectivity index (χ0n) is 9.50. The van der Waals surface area contributed by atoms with Crippen LogP contribution in [-0.4, -0.2) is 7.11 Å². The van der Waals surface area contributed by atoms with Crippen LogP contribution in [0.25, 0.3) is 5.76 Å². The number of benzene rings is 1. The maximum atomic E-state index is 5.18. The smallest absolute Gasteiger partial charge is 0.119 e. The van der Waals surface area contributed by atoms with Crippen molar-refractivity contribution in [2.45, 2.75) is 19.8 Å². The minimum Gasteiger partial charge on any atom is -0.497 e. The summed E-state index contributed by atoms with van der Waals surface area (Å²) >= 11 is 0. The van der Waals surface area contributed by atoms with Gasteiger partial charge in [0.2, 0.25) is 0 Å². The molecule has 0 saturated carbocycles. The van der Waals surface area contributed by atoms with Crippen LogP contribution in [0.5, 0.6) is 0 Å². The van der Waals surface area contributed by atoms with Crippen molar-refractivity contribution in [2.24, 2.45) is 0 Å². The molecule has 0 aromatic heterocycles. The largest absolute Gasteiger partial charge is 0.497 e. The molecule has 0 aliphatic rings. The second-order valence-corrected chi connectivity index (χ2v) is 5.42. The number of hydrogen-bond acceptors (Lipinski definition) is 1. The highest BCUT2D eigenvalue weighted by atomic mass is 32.0. The molecule has 0 bridgehead atoms. The molecule has 2 unspecified atom stereocenters. The molecule has 0 N–H and O–H groups in total. The Morgan fingerprint density at radius 3 is 2.60 bits per heavy atom. The second-order valence-electron chi connectivity index (χ2n) is 3.73. The van der Waals surface area contributed by atoms with E-state index in [9.17, 15) is 0 Å². The third-order valence-electron chi connectivity index (χ3n) is 2.41. The first-order valence-electron chi connectivity index (χ1n) is 4.94. The van der Waals surface area contributed by atoms with Gasteiger partial charge >= 0.3 is 0 Å². The van der Waals surface area contributed by atoms with Gasteiger partial charge in [0, 0.05) is 5.56 Å². The molecule has 15 heavy (non-hydrogen) atoms. The predicted octanol–water partition coefficient (Wildman–Crippen LogP) is 3.52. The molecule has 3 heteroatoms. The highest BCUT2D eigenvalue weighted by molar-refractivity contribution is 8.06. The lowest BCUT2D eigenvalue weighted by Gasteiger charge is -2.13. The summed E-state index contributed by atoms with van der Waals surface area (Å²) in [6.45, 7) is 8.31. The summed E-state index contributed by atoms with van der Waals surface area (Å²) in [5.41, 5.74) is 2.49. The van der Waals surface area contributed by atoms with Crippen LogP contribution >= 0.6 is 17.2 Å². The molecule has 1 aromatic rings. The second kappa shape index (κ2) is 5.64. The number of rotatable bonds is 4. The van der Waals surface area contributed by atoms with E-state index in [-0.39, 0.29) is 0 Å². The molecule has 1 aromatic carbocycles. The van der Waals surface area contributed by atoms with Crippen molar-refractivity contribution in [1.29, 1.82) is 0 Å². The first-order chi connectivity index (χ1) is 7.10. The van der Waals surface area contributed by atoms with E-state index >= 15 is 0 Å². The fourth-order valence-corrected chi connectivity index (χ4v) is 2.74. The van der Waals surface area contributed by atoms with Gasteiger partial charge in [-0.2, -0.15) is 0 Å². The summed E-state index contributed by atoms with van der Waals surface area (Å²) in [5, 5.41) is 1.30. The Labute approximate surface area is 96.2 Å². The van der Waals surface area contributed by atoms with Crippen molar-refractivity contribution in [3.63, 3.8) is 0 Å². The normalized spacial score (nSPS) is 11.3. The molecule has 0 radical (unpaired) electrons. The molecule has 0 saturated heterocycles. The minimum absolute atomic E-state index is 0.565. The van der Waals surface area contributed by atoms with Gasteiger partial charge in [-0.3, -0.25) is 0 Å². The van der Waals surface area contributed by atoms with Crippen LogP contribution in [0.3, 0.4) is 0 Å². The fourth-order valence-electron chi connectivity index (χ4n) is 1.39. The van der Waals surface area contributed by atoms with Gasteiger partial charge in [0.1, 0.15) is 5.76 Å². The Bertz CT molecular complexity index is 359. The monoisotopic (exact) mass is 240 g/mol. The Hall–Kier alpha value is -0.380. The molecular weight excluding hydrogens is 222 g/mol. The predicted molar refractivity (Wildman–Crippen MR) is 74.2 cm³/mol. The summed E-state index contributed by atoms with van der Waals surface area (Å²) in [7, 11) is 5.13. The summed E-state index contributed by atoms with van der Waals surface area (Å²) in [6.07, 6.45) is 0. The van der Waals surface area contributed by atoms with Crippen molar-refractivity contribution in [3.05, 3.63) is 35.9 Å². The molecule has 1 rings (SSSR count). The standard InChI is InChI=1S/C12H18OP2/c1-8(2)10-5-6-11(9(3)13-4)12(7-10)15-14/h5-8,15H,3,14H2,1-2,4H3. The van der Waals surface area contributed by atoms with Gasteiger partial charge in [-0.05, 0) is 16.8 Å². The molecule has 1 nitrogen and oxygen atoms in total. The molecule has 0 aliphatic heterocycles. The Morgan fingerprint density at radius 2 is 2.13 bits per heavy atom. The topological polar surface area (TPSA) is 9.23 Å². The number of ether oxygens (including phenoxy) is 1. The van der Waals surface area contributed by atoms with Gasteiger partial charge in [-0.25, -0.2) is 0 Å². The fraction of sp³-hybridized carbons (Fsp3) is 0.333. The molecule has 0 amide bonds. The van der Waals surface area contributed by atoms with Crippen molar-refractivity contribution in [1.82, 2.24) is 0 Å². The Morgan fingerprint density at radius 1 is 1.47 bits per heavy atom. The van der Waals surface area contributed by atoms with Crippen LogP contribution in [0.4, 0.5) is 0 Å².